The molecule has 15 heavy (non-hydrogen) atoms. The normalized spacial score (nSPS) is 15.4. The topological polar surface area (TPSA) is 17.1 Å². The minimum atomic E-state index is -0.989. The van der Waals surface area contributed by atoms with Crippen LogP contribution in [0.5, 0.6) is 0 Å². The molecule has 0 unspecified atom stereocenters. The van der Waals surface area contributed by atoms with Crippen LogP contribution in [-0.4, -0.2) is 5.78 Å². The molecule has 0 bridgehead atoms. The van der Waals surface area contributed by atoms with E-state index in [2.05, 4.69) is 15.9 Å². The highest BCUT2D eigenvalue weighted by atomic mass is 79.9. The van der Waals surface area contributed by atoms with Gasteiger partial charge in [-0.2, -0.15) is 0 Å². The van der Waals surface area contributed by atoms with Crippen LogP contribution in [0.1, 0.15) is 29.6 Å². The molecule has 80 valence electrons. The first-order valence-corrected chi connectivity index (χ1v) is 5.55. The van der Waals surface area contributed by atoms with Crippen molar-refractivity contribution in [1.29, 1.82) is 0 Å². The molecular weight excluding hydrogens is 266 g/mol. The van der Waals surface area contributed by atoms with Gasteiger partial charge in [0.1, 0.15) is 0 Å². The second kappa shape index (κ2) is 4.00. The molecule has 0 amide bonds. The Labute approximate surface area is 94.6 Å². The molecule has 0 saturated heterocycles. The van der Waals surface area contributed by atoms with Crippen molar-refractivity contribution in [2.45, 2.75) is 19.3 Å². The Hall–Kier alpha value is -0.770. The van der Waals surface area contributed by atoms with Crippen molar-refractivity contribution in [2.24, 2.45) is 5.92 Å². The number of carbonyl (C=O) groups is 1. The molecule has 1 aliphatic carbocycles. The van der Waals surface area contributed by atoms with Gasteiger partial charge in [0, 0.05) is 12.0 Å². The lowest BCUT2D eigenvalue weighted by Crippen LogP contribution is -2.03. The van der Waals surface area contributed by atoms with Crippen molar-refractivity contribution in [2.75, 3.05) is 0 Å². The molecule has 0 N–H and O–H groups in total. The van der Waals surface area contributed by atoms with Gasteiger partial charge in [0.15, 0.2) is 17.4 Å². The van der Waals surface area contributed by atoms with Crippen LogP contribution in [-0.2, 0) is 0 Å². The summed E-state index contributed by atoms with van der Waals surface area (Å²) in [6.07, 6.45) is 2.56. The summed E-state index contributed by atoms with van der Waals surface area (Å²) in [6, 6.07) is 2.31. The number of benzene rings is 1. The summed E-state index contributed by atoms with van der Waals surface area (Å²) in [7, 11) is 0. The molecule has 1 aliphatic rings. The number of rotatable bonds is 3. The molecule has 0 atom stereocenters. The van der Waals surface area contributed by atoms with Crippen molar-refractivity contribution in [3.8, 4) is 0 Å². The van der Waals surface area contributed by atoms with Crippen LogP contribution in [0, 0.1) is 17.6 Å². The van der Waals surface area contributed by atoms with Gasteiger partial charge in [-0.1, -0.05) is 0 Å². The average molecular weight is 275 g/mol. The lowest BCUT2D eigenvalue weighted by Gasteiger charge is -2.04. The van der Waals surface area contributed by atoms with Gasteiger partial charge in [-0.05, 0) is 46.8 Å². The third-order valence-electron chi connectivity index (χ3n) is 2.51. The van der Waals surface area contributed by atoms with Gasteiger partial charge < -0.3 is 0 Å². The Bertz CT molecular complexity index is 413. The Balaban J connectivity index is 2.26. The third kappa shape index (κ3) is 2.25. The molecule has 1 fully saturated rings. The van der Waals surface area contributed by atoms with E-state index < -0.39 is 11.6 Å². The summed E-state index contributed by atoms with van der Waals surface area (Å²) in [5, 5.41) is 0. The van der Waals surface area contributed by atoms with Crippen molar-refractivity contribution in [3.05, 3.63) is 33.8 Å². The average Bonchev–Trinajstić information content (AvgIpc) is 2.98. The number of carbonyl (C=O) groups excluding carboxylic acids is 1. The van der Waals surface area contributed by atoms with Gasteiger partial charge in [0.25, 0.3) is 0 Å². The minimum Gasteiger partial charge on any atom is -0.294 e. The summed E-state index contributed by atoms with van der Waals surface area (Å²) in [4.78, 5) is 11.7. The van der Waals surface area contributed by atoms with Crippen molar-refractivity contribution in [1.82, 2.24) is 0 Å². The highest BCUT2D eigenvalue weighted by molar-refractivity contribution is 9.10. The van der Waals surface area contributed by atoms with E-state index in [-0.39, 0.29) is 15.8 Å². The number of hydrogen-bond donors (Lipinski definition) is 0. The quantitative estimate of drug-likeness (QED) is 0.607. The molecule has 1 aromatic carbocycles. The maximum Gasteiger partial charge on any atom is 0.173 e. The van der Waals surface area contributed by atoms with Crippen LogP contribution in [0.4, 0.5) is 8.78 Å². The van der Waals surface area contributed by atoms with Crippen molar-refractivity contribution < 1.29 is 13.6 Å². The summed E-state index contributed by atoms with van der Waals surface area (Å²) >= 11 is 2.91. The van der Waals surface area contributed by atoms with Crippen LogP contribution in [0.25, 0.3) is 0 Å². The first kappa shape index (κ1) is 10.7. The number of hydrogen-bond acceptors (Lipinski definition) is 1. The van der Waals surface area contributed by atoms with Crippen LogP contribution in [0.3, 0.4) is 0 Å². The van der Waals surface area contributed by atoms with Gasteiger partial charge in [0.2, 0.25) is 0 Å². The van der Waals surface area contributed by atoms with E-state index in [0.717, 1.165) is 18.9 Å². The van der Waals surface area contributed by atoms with Gasteiger partial charge in [0.05, 0.1) is 4.47 Å². The fourth-order valence-electron chi connectivity index (χ4n) is 1.44. The van der Waals surface area contributed by atoms with E-state index in [9.17, 15) is 13.6 Å². The first-order valence-electron chi connectivity index (χ1n) is 4.76. The zero-order valence-electron chi connectivity index (χ0n) is 7.90. The minimum absolute atomic E-state index is 0.0619. The van der Waals surface area contributed by atoms with E-state index in [1.165, 1.54) is 6.07 Å². The molecular formula is C11H9BrF2O. The molecule has 2 rings (SSSR count). The lowest BCUT2D eigenvalue weighted by atomic mass is 10.1. The summed E-state index contributed by atoms with van der Waals surface area (Å²) in [5.74, 6) is -1.61. The van der Waals surface area contributed by atoms with Crippen LogP contribution >= 0.6 is 15.9 Å². The van der Waals surface area contributed by atoms with Gasteiger partial charge in [-0.15, -0.1) is 0 Å². The Morgan fingerprint density at radius 1 is 1.40 bits per heavy atom. The van der Waals surface area contributed by atoms with Crippen molar-refractivity contribution >= 4 is 21.7 Å². The predicted molar refractivity (Wildman–Crippen MR) is 55.7 cm³/mol. The zero-order valence-corrected chi connectivity index (χ0v) is 9.48. The molecule has 1 aromatic rings. The second-order valence-electron chi connectivity index (χ2n) is 3.79. The van der Waals surface area contributed by atoms with E-state index in [0.29, 0.717) is 12.3 Å². The Morgan fingerprint density at radius 2 is 2.07 bits per heavy atom. The van der Waals surface area contributed by atoms with Gasteiger partial charge >= 0.3 is 0 Å². The predicted octanol–water partition coefficient (Wildman–Crippen LogP) is 3.71. The standard InChI is InChI=1S/C11H9BrF2O/c12-10-7(3-4-8(13)11(10)14)9(15)5-6-1-2-6/h3-4,6H,1-2,5H2. The fourth-order valence-corrected chi connectivity index (χ4v) is 1.98. The Morgan fingerprint density at radius 3 is 2.67 bits per heavy atom. The fraction of sp³-hybridized carbons (Fsp3) is 0.364. The SMILES string of the molecule is O=C(CC1CC1)c1ccc(F)c(F)c1Br. The summed E-state index contributed by atoms with van der Waals surface area (Å²) in [5.41, 5.74) is 0.237. The van der Waals surface area contributed by atoms with Gasteiger partial charge in [-0.3, -0.25) is 4.79 Å². The highest BCUT2D eigenvalue weighted by Gasteiger charge is 2.26. The van der Waals surface area contributed by atoms with Crippen LogP contribution in [0.2, 0.25) is 0 Å². The number of ketones is 1. The molecule has 0 radical (unpaired) electrons. The Kier molecular flexibility index (Phi) is 2.87. The van der Waals surface area contributed by atoms with Crippen molar-refractivity contribution in [3.63, 3.8) is 0 Å². The third-order valence-corrected chi connectivity index (χ3v) is 3.28. The molecule has 1 nitrogen and oxygen atoms in total. The molecule has 0 aromatic heterocycles. The lowest BCUT2D eigenvalue weighted by molar-refractivity contribution is 0.0974. The molecule has 0 aliphatic heterocycles. The van der Waals surface area contributed by atoms with E-state index >= 15 is 0 Å². The summed E-state index contributed by atoms with van der Waals surface area (Å²) < 4.78 is 25.9. The first-order chi connectivity index (χ1) is 7.09. The smallest absolute Gasteiger partial charge is 0.173 e. The zero-order chi connectivity index (χ0) is 11.0. The maximum absolute atomic E-state index is 13.1. The monoisotopic (exact) mass is 274 g/mol. The molecule has 4 heteroatoms. The summed E-state index contributed by atoms with van der Waals surface area (Å²) in [6.45, 7) is 0. The number of halogens is 3. The molecule has 1 saturated carbocycles. The molecule has 0 spiro atoms. The second-order valence-corrected chi connectivity index (χ2v) is 4.59. The maximum atomic E-state index is 13.1. The highest BCUT2D eigenvalue weighted by Crippen LogP contribution is 2.34. The van der Waals surface area contributed by atoms with E-state index in [1.54, 1.807) is 0 Å². The van der Waals surface area contributed by atoms with Crippen LogP contribution in [0.15, 0.2) is 16.6 Å². The van der Waals surface area contributed by atoms with Gasteiger partial charge in [-0.25, -0.2) is 8.78 Å². The van der Waals surface area contributed by atoms with Crippen LogP contribution < -0.4 is 0 Å². The molecule has 0 heterocycles. The number of Topliss-reactive ketones (excluding diaryl/α,β-unsaturated/α-hetero) is 1. The largest absolute Gasteiger partial charge is 0.294 e. The van der Waals surface area contributed by atoms with E-state index in [1.807, 2.05) is 0 Å². The van der Waals surface area contributed by atoms with E-state index in [4.69, 9.17) is 0 Å².